The van der Waals surface area contributed by atoms with Gasteiger partial charge >= 0.3 is 0 Å². The molecule has 1 saturated heterocycles. The fraction of sp³-hybridized carbons (Fsp3) is 0.452. The summed E-state index contributed by atoms with van der Waals surface area (Å²) in [5.41, 5.74) is 3.87. The Morgan fingerprint density at radius 3 is 2.82 bits per heavy atom. The quantitative estimate of drug-likeness (QED) is 0.448. The van der Waals surface area contributed by atoms with E-state index in [0.717, 1.165) is 17.7 Å². The Bertz CT molecular complexity index is 1640. The SMILES string of the molecule is Cc1cc2cc(n1)-c1cnn(C)c1OCCC[C@@H](C)CN1/C(=N/C2=O)Nc2ccc(C(=O)N(C)[C@H]3CCNCC3(F)F)cc21. The monoisotopic (exact) mass is 606 g/mol. The maximum absolute atomic E-state index is 14.7. The van der Waals surface area contributed by atoms with Gasteiger partial charge in [-0.05, 0) is 69.0 Å². The molecule has 1 aromatic carbocycles. The Kier molecular flexibility index (Phi) is 7.82. The maximum Gasteiger partial charge on any atom is 0.280 e. The number of amides is 2. The van der Waals surface area contributed by atoms with Crippen LogP contribution in [0.5, 0.6) is 5.88 Å². The van der Waals surface area contributed by atoms with Crippen LogP contribution < -0.4 is 20.3 Å². The van der Waals surface area contributed by atoms with Gasteiger partial charge in [0.05, 0.1) is 48.0 Å². The van der Waals surface area contributed by atoms with Crippen molar-refractivity contribution >= 4 is 29.1 Å². The van der Waals surface area contributed by atoms with E-state index in [0.29, 0.717) is 65.4 Å². The summed E-state index contributed by atoms with van der Waals surface area (Å²) >= 11 is 0. The second kappa shape index (κ2) is 11.6. The number of alkyl halides is 2. The van der Waals surface area contributed by atoms with E-state index in [1.807, 2.05) is 11.8 Å². The van der Waals surface area contributed by atoms with Crippen LogP contribution in [0.15, 0.2) is 41.5 Å². The Hall–Kier alpha value is -4.39. The van der Waals surface area contributed by atoms with E-state index < -0.39 is 30.3 Å². The van der Waals surface area contributed by atoms with Crippen LogP contribution in [0.25, 0.3) is 11.3 Å². The molecular formula is C31H36F2N8O3. The Balaban J connectivity index is 1.35. The van der Waals surface area contributed by atoms with Gasteiger partial charge in [-0.1, -0.05) is 6.92 Å². The number of aliphatic imine (C=N–C) groups is 1. The summed E-state index contributed by atoms with van der Waals surface area (Å²) in [5.74, 6) is -2.91. The summed E-state index contributed by atoms with van der Waals surface area (Å²) in [6.45, 7) is 4.84. The molecule has 0 radical (unpaired) electrons. The standard InChI is InChI=1S/C31H36F2N8O3/c1-18-6-5-11-44-29-22(15-35-40(29)4)24-13-21(12-19(2)36-24)27(42)38-30-37-23-8-7-20(14-25(23)41(30)16-18)28(43)39(3)26-9-10-34-17-31(26,32)33/h7-8,12-15,18,26,34H,5-6,9-11,16-17H2,1-4H3,(H,37,38,42)/t18-,26+/m1/s1. The fourth-order valence-corrected chi connectivity index (χ4v) is 6.08. The van der Waals surface area contributed by atoms with Crippen LogP contribution >= 0.6 is 0 Å². The molecule has 3 aromatic rings. The lowest BCUT2D eigenvalue weighted by atomic mass is 10.00. The molecule has 0 spiro atoms. The highest BCUT2D eigenvalue weighted by atomic mass is 19.3. The predicted molar refractivity (Wildman–Crippen MR) is 163 cm³/mol. The van der Waals surface area contributed by atoms with Gasteiger partial charge in [-0.3, -0.25) is 14.6 Å². The van der Waals surface area contributed by atoms with Gasteiger partial charge in [0.1, 0.15) is 0 Å². The van der Waals surface area contributed by atoms with Gasteiger partial charge < -0.3 is 25.2 Å². The third-order valence-corrected chi connectivity index (χ3v) is 8.41. The van der Waals surface area contributed by atoms with Crippen molar-refractivity contribution in [3.63, 3.8) is 0 Å². The number of hydrogen-bond donors (Lipinski definition) is 2. The first-order chi connectivity index (χ1) is 21.0. The summed E-state index contributed by atoms with van der Waals surface area (Å²) in [5, 5.41) is 10.3. The molecule has 2 amide bonds. The molecule has 3 aliphatic heterocycles. The van der Waals surface area contributed by atoms with Crippen molar-refractivity contribution in [3.05, 3.63) is 53.3 Å². The van der Waals surface area contributed by atoms with E-state index in [1.54, 1.807) is 48.3 Å². The highest BCUT2D eigenvalue weighted by Gasteiger charge is 2.45. The zero-order valence-corrected chi connectivity index (χ0v) is 25.2. The third-order valence-electron chi connectivity index (χ3n) is 8.41. The molecule has 1 fully saturated rings. The van der Waals surface area contributed by atoms with Crippen LogP contribution in [0.2, 0.25) is 0 Å². The van der Waals surface area contributed by atoms with Gasteiger partial charge in [0.15, 0.2) is 0 Å². The summed E-state index contributed by atoms with van der Waals surface area (Å²) in [6, 6.07) is 7.20. The second-order valence-electron chi connectivity index (χ2n) is 11.8. The van der Waals surface area contributed by atoms with Crippen molar-refractivity contribution in [2.24, 2.45) is 18.0 Å². The fourth-order valence-electron chi connectivity index (χ4n) is 6.08. The molecule has 5 heterocycles. The molecule has 11 nitrogen and oxygen atoms in total. The number of rotatable bonds is 2. The van der Waals surface area contributed by atoms with Gasteiger partial charge in [0, 0.05) is 37.5 Å². The topological polar surface area (TPSA) is 117 Å². The molecule has 0 saturated carbocycles. The average molecular weight is 607 g/mol. The maximum atomic E-state index is 14.7. The highest BCUT2D eigenvalue weighted by Crippen LogP contribution is 2.36. The van der Waals surface area contributed by atoms with Crippen molar-refractivity contribution in [1.29, 1.82) is 0 Å². The van der Waals surface area contributed by atoms with Crippen LogP contribution in [0.3, 0.4) is 0 Å². The molecule has 0 unspecified atom stereocenters. The van der Waals surface area contributed by atoms with Crippen LogP contribution in [-0.2, 0) is 7.05 Å². The minimum atomic E-state index is -3.03. The zero-order chi connectivity index (χ0) is 31.2. The number of hydrogen-bond acceptors (Lipinski definition) is 8. The van der Waals surface area contributed by atoms with Crippen molar-refractivity contribution in [3.8, 4) is 17.1 Å². The molecule has 2 atom stereocenters. The van der Waals surface area contributed by atoms with E-state index in [4.69, 9.17) is 4.74 Å². The Labute approximate surface area is 254 Å². The summed E-state index contributed by atoms with van der Waals surface area (Å²) < 4.78 is 37.1. The molecule has 3 aliphatic rings. The third kappa shape index (κ3) is 5.63. The second-order valence-corrected chi connectivity index (χ2v) is 11.8. The summed E-state index contributed by atoms with van der Waals surface area (Å²) in [4.78, 5) is 39.2. The number of guanidine groups is 1. The predicted octanol–water partition coefficient (Wildman–Crippen LogP) is 4.10. The van der Waals surface area contributed by atoms with Crippen LogP contribution in [0, 0.1) is 12.8 Å². The number of anilines is 2. The lowest BCUT2D eigenvalue weighted by molar-refractivity contribution is -0.0806. The number of aryl methyl sites for hydroxylation is 2. The lowest BCUT2D eigenvalue weighted by Crippen LogP contribution is -2.57. The number of carbonyl (C=O) groups excluding carboxylic acids is 2. The number of aromatic nitrogens is 3. The normalized spacial score (nSPS) is 22.6. The van der Waals surface area contributed by atoms with Crippen molar-refractivity contribution in [1.82, 2.24) is 25.0 Å². The van der Waals surface area contributed by atoms with Crippen molar-refractivity contribution in [2.45, 2.75) is 45.1 Å². The first kappa shape index (κ1) is 29.7. The summed E-state index contributed by atoms with van der Waals surface area (Å²) in [7, 11) is 3.23. The van der Waals surface area contributed by atoms with Gasteiger partial charge in [-0.25, -0.2) is 13.5 Å². The average Bonchev–Trinajstić information content (AvgIpc) is 3.52. The first-order valence-corrected chi connectivity index (χ1v) is 14.8. The molecule has 0 aliphatic carbocycles. The largest absolute Gasteiger partial charge is 0.477 e. The number of nitrogens with zero attached hydrogens (tertiary/aromatic N) is 6. The van der Waals surface area contributed by atoms with Crippen LogP contribution in [-0.4, -0.2) is 82.7 Å². The molecule has 2 aromatic heterocycles. The number of pyridine rings is 1. The minimum Gasteiger partial charge on any atom is -0.477 e. The molecule has 6 rings (SSSR count). The van der Waals surface area contributed by atoms with Crippen molar-refractivity contribution < 1.29 is 23.1 Å². The Morgan fingerprint density at radius 1 is 1.20 bits per heavy atom. The van der Waals surface area contributed by atoms with Crippen molar-refractivity contribution in [2.75, 3.05) is 43.5 Å². The molecule has 2 bridgehead atoms. The Morgan fingerprint density at radius 2 is 2.02 bits per heavy atom. The van der Waals surface area contributed by atoms with E-state index in [-0.39, 0.29) is 17.9 Å². The molecular weight excluding hydrogens is 570 g/mol. The molecule has 232 valence electrons. The van der Waals surface area contributed by atoms with Crippen LogP contribution in [0.1, 0.15) is 52.6 Å². The van der Waals surface area contributed by atoms with Gasteiger partial charge in [0.25, 0.3) is 17.7 Å². The van der Waals surface area contributed by atoms with Crippen LogP contribution in [0.4, 0.5) is 20.2 Å². The molecule has 44 heavy (non-hydrogen) atoms. The number of fused-ring (bicyclic) bond motifs is 7. The highest BCUT2D eigenvalue weighted by molar-refractivity contribution is 6.19. The van der Waals surface area contributed by atoms with E-state index >= 15 is 0 Å². The molecule has 13 heteroatoms. The number of piperidine rings is 1. The van der Waals surface area contributed by atoms with E-state index in [9.17, 15) is 18.4 Å². The number of benzene rings is 1. The first-order valence-electron chi connectivity index (χ1n) is 14.8. The number of halogens is 2. The number of ether oxygens (including phenoxy) is 1. The van der Waals surface area contributed by atoms with E-state index in [1.165, 1.54) is 7.05 Å². The molecule has 2 N–H and O–H groups in total. The summed E-state index contributed by atoms with van der Waals surface area (Å²) in [6.07, 6.45) is 3.42. The van der Waals surface area contributed by atoms with Gasteiger partial charge in [-0.15, -0.1) is 0 Å². The van der Waals surface area contributed by atoms with Gasteiger partial charge in [-0.2, -0.15) is 10.1 Å². The van der Waals surface area contributed by atoms with E-state index in [2.05, 4.69) is 32.6 Å². The number of nitrogens with one attached hydrogen (secondary N) is 2. The smallest absolute Gasteiger partial charge is 0.280 e. The minimum absolute atomic E-state index is 0.156. The number of carbonyl (C=O) groups is 2. The zero-order valence-electron chi connectivity index (χ0n) is 25.2. The van der Waals surface area contributed by atoms with Gasteiger partial charge in [0.2, 0.25) is 11.8 Å². The lowest BCUT2D eigenvalue weighted by Gasteiger charge is -2.38.